The van der Waals surface area contributed by atoms with Crippen molar-refractivity contribution in [1.82, 2.24) is 4.98 Å². The number of hydrogen-bond donors (Lipinski definition) is 0. The predicted molar refractivity (Wildman–Crippen MR) is 120 cm³/mol. The van der Waals surface area contributed by atoms with Crippen LogP contribution in [0, 0.1) is 6.92 Å². The third-order valence-corrected chi connectivity index (χ3v) is 6.54. The maximum Gasteiger partial charge on any atom is 0.416 e. The van der Waals surface area contributed by atoms with Crippen LogP contribution < -0.4 is 0 Å². The van der Waals surface area contributed by atoms with Crippen molar-refractivity contribution in [3.63, 3.8) is 0 Å². The molecule has 0 aliphatic heterocycles. The van der Waals surface area contributed by atoms with Crippen molar-refractivity contribution in [2.45, 2.75) is 59.1 Å². The average molecular weight is 446 g/mol. The molecule has 164 valence electrons. The minimum absolute atomic E-state index is 0.0879. The Balaban J connectivity index is 1.79. The molecule has 0 spiro atoms. The summed E-state index contributed by atoms with van der Waals surface area (Å²) in [6.45, 7) is 8.18. The van der Waals surface area contributed by atoms with Gasteiger partial charge in [-0.15, -0.1) is 11.3 Å². The molecule has 0 N–H and O–H groups in total. The van der Waals surface area contributed by atoms with E-state index in [1.165, 1.54) is 29.0 Å². The summed E-state index contributed by atoms with van der Waals surface area (Å²) in [5.74, 6) is 0.251. The maximum absolute atomic E-state index is 12.8. The zero-order valence-electron chi connectivity index (χ0n) is 18.1. The Bertz CT molecular complexity index is 1070. The quantitative estimate of drug-likeness (QED) is 0.350. The first kappa shape index (κ1) is 23.2. The van der Waals surface area contributed by atoms with Crippen LogP contribution in [0.1, 0.15) is 70.7 Å². The molecule has 0 amide bonds. The molecular weight excluding hydrogens is 419 g/mol. The Morgan fingerprint density at radius 1 is 1.10 bits per heavy atom. The van der Waals surface area contributed by atoms with Crippen LogP contribution in [0.4, 0.5) is 13.2 Å². The lowest BCUT2D eigenvalue weighted by Crippen LogP contribution is -2.04. The standard InChI is InChI=1S/C25H26F3NOS/c1-5-17-6-7-19(14-16(17)4)21(30)12-13-22-23(15(2)3)29-24(31-22)18-8-10-20(11-9-18)25(26,27)28/h6-11,14-15H,5,12-13H2,1-4H3. The predicted octanol–water partition coefficient (Wildman–Crippen LogP) is 7.64. The van der Waals surface area contributed by atoms with Crippen LogP contribution in [0.5, 0.6) is 0 Å². The Morgan fingerprint density at radius 3 is 2.32 bits per heavy atom. The van der Waals surface area contributed by atoms with Crippen molar-refractivity contribution in [3.05, 3.63) is 75.3 Å². The summed E-state index contributed by atoms with van der Waals surface area (Å²) < 4.78 is 38.5. The molecule has 0 saturated heterocycles. The van der Waals surface area contributed by atoms with Gasteiger partial charge in [-0.3, -0.25) is 4.79 Å². The Labute approximate surface area is 185 Å². The van der Waals surface area contributed by atoms with E-state index in [2.05, 4.69) is 11.9 Å². The van der Waals surface area contributed by atoms with Gasteiger partial charge in [0.1, 0.15) is 5.01 Å². The van der Waals surface area contributed by atoms with Crippen molar-refractivity contribution in [3.8, 4) is 10.6 Å². The van der Waals surface area contributed by atoms with E-state index < -0.39 is 11.7 Å². The molecule has 31 heavy (non-hydrogen) atoms. The lowest BCUT2D eigenvalue weighted by molar-refractivity contribution is -0.137. The van der Waals surface area contributed by atoms with Gasteiger partial charge in [-0.1, -0.05) is 45.0 Å². The minimum atomic E-state index is -4.36. The van der Waals surface area contributed by atoms with E-state index in [-0.39, 0.29) is 11.7 Å². The number of rotatable bonds is 7. The first-order valence-electron chi connectivity index (χ1n) is 10.4. The van der Waals surface area contributed by atoms with E-state index in [0.29, 0.717) is 29.0 Å². The van der Waals surface area contributed by atoms with E-state index in [1.54, 1.807) is 0 Å². The molecule has 3 aromatic rings. The Morgan fingerprint density at radius 2 is 1.77 bits per heavy atom. The normalized spacial score (nSPS) is 11.9. The zero-order valence-corrected chi connectivity index (χ0v) is 19.0. The van der Waals surface area contributed by atoms with Crippen LogP contribution in [-0.2, 0) is 19.0 Å². The fraction of sp³-hybridized carbons (Fsp3) is 0.360. The fourth-order valence-electron chi connectivity index (χ4n) is 3.56. The molecular formula is C25H26F3NOS. The number of carbonyl (C=O) groups excluding carboxylic acids is 1. The van der Waals surface area contributed by atoms with Crippen LogP contribution in [0.25, 0.3) is 10.6 Å². The van der Waals surface area contributed by atoms with E-state index in [9.17, 15) is 18.0 Å². The van der Waals surface area contributed by atoms with Crippen molar-refractivity contribution < 1.29 is 18.0 Å². The number of hydrogen-bond acceptors (Lipinski definition) is 3. The first-order chi connectivity index (χ1) is 14.6. The monoisotopic (exact) mass is 445 g/mol. The molecule has 1 aromatic heterocycles. The van der Waals surface area contributed by atoms with Gasteiger partial charge in [0.2, 0.25) is 0 Å². The van der Waals surface area contributed by atoms with Gasteiger partial charge in [0.15, 0.2) is 5.78 Å². The van der Waals surface area contributed by atoms with Crippen LogP contribution in [0.3, 0.4) is 0 Å². The fourth-order valence-corrected chi connectivity index (χ4v) is 4.78. The van der Waals surface area contributed by atoms with Crippen LogP contribution in [0.15, 0.2) is 42.5 Å². The van der Waals surface area contributed by atoms with Crippen LogP contribution in [0.2, 0.25) is 0 Å². The number of ketones is 1. The van der Waals surface area contributed by atoms with E-state index in [1.807, 2.05) is 39.0 Å². The number of Topliss-reactive ketones (excluding diaryl/α,β-unsaturated/α-hetero) is 1. The first-order valence-corrected chi connectivity index (χ1v) is 11.2. The molecule has 0 aliphatic rings. The molecule has 0 bridgehead atoms. The third kappa shape index (κ3) is 5.42. The molecule has 1 heterocycles. The summed E-state index contributed by atoms with van der Waals surface area (Å²) in [6, 6.07) is 10.9. The van der Waals surface area contributed by atoms with Crippen molar-refractivity contribution >= 4 is 17.1 Å². The van der Waals surface area contributed by atoms with Gasteiger partial charge in [-0.05, 0) is 55.0 Å². The average Bonchev–Trinajstić information content (AvgIpc) is 3.16. The molecule has 2 nitrogen and oxygen atoms in total. The molecule has 3 rings (SSSR count). The topological polar surface area (TPSA) is 30.0 Å². The molecule has 0 aliphatic carbocycles. The zero-order chi connectivity index (χ0) is 22.8. The number of aryl methyl sites for hydroxylation is 3. The molecule has 6 heteroatoms. The van der Waals surface area contributed by atoms with Crippen molar-refractivity contribution in [2.24, 2.45) is 0 Å². The molecule has 0 atom stereocenters. The van der Waals surface area contributed by atoms with Gasteiger partial charge in [0, 0.05) is 22.4 Å². The highest BCUT2D eigenvalue weighted by Gasteiger charge is 2.30. The summed E-state index contributed by atoms with van der Waals surface area (Å²) in [5.41, 5.74) is 3.97. The molecule has 2 aromatic carbocycles. The summed E-state index contributed by atoms with van der Waals surface area (Å²) in [5, 5.41) is 0.683. The molecule has 0 fully saturated rings. The van der Waals surface area contributed by atoms with Crippen LogP contribution >= 0.6 is 11.3 Å². The highest BCUT2D eigenvalue weighted by Crippen LogP contribution is 2.35. The van der Waals surface area contributed by atoms with Gasteiger partial charge in [0.05, 0.1) is 11.3 Å². The maximum atomic E-state index is 12.8. The van der Waals surface area contributed by atoms with Gasteiger partial charge >= 0.3 is 6.18 Å². The highest BCUT2D eigenvalue weighted by molar-refractivity contribution is 7.15. The summed E-state index contributed by atoms with van der Waals surface area (Å²) in [6.07, 6.45) is -2.48. The second kappa shape index (κ2) is 9.35. The van der Waals surface area contributed by atoms with Crippen molar-refractivity contribution in [2.75, 3.05) is 0 Å². The minimum Gasteiger partial charge on any atom is -0.294 e. The van der Waals surface area contributed by atoms with E-state index in [0.717, 1.165) is 34.7 Å². The van der Waals surface area contributed by atoms with Crippen molar-refractivity contribution in [1.29, 1.82) is 0 Å². The highest BCUT2D eigenvalue weighted by atomic mass is 32.1. The Kier molecular flexibility index (Phi) is 6.99. The molecule has 0 radical (unpaired) electrons. The second-order valence-electron chi connectivity index (χ2n) is 7.98. The number of carbonyl (C=O) groups is 1. The number of aromatic nitrogens is 1. The van der Waals surface area contributed by atoms with Gasteiger partial charge in [-0.2, -0.15) is 13.2 Å². The number of thiazole rings is 1. The van der Waals surface area contributed by atoms with E-state index in [4.69, 9.17) is 0 Å². The largest absolute Gasteiger partial charge is 0.416 e. The number of halogens is 3. The second-order valence-corrected chi connectivity index (χ2v) is 9.06. The SMILES string of the molecule is CCc1ccc(C(=O)CCc2sc(-c3ccc(C(F)(F)F)cc3)nc2C(C)C)cc1C. The number of nitrogens with zero attached hydrogens (tertiary/aromatic N) is 1. The third-order valence-electron chi connectivity index (χ3n) is 5.36. The van der Waals surface area contributed by atoms with Gasteiger partial charge < -0.3 is 0 Å². The van der Waals surface area contributed by atoms with Gasteiger partial charge in [0.25, 0.3) is 0 Å². The number of benzene rings is 2. The van der Waals surface area contributed by atoms with Gasteiger partial charge in [-0.25, -0.2) is 4.98 Å². The molecule has 0 unspecified atom stereocenters. The van der Waals surface area contributed by atoms with Crippen LogP contribution in [-0.4, -0.2) is 10.8 Å². The van der Waals surface area contributed by atoms with E-state index >= 15 is 0 Å². The smallest absolute Gasteiger partial charge is 0.294 e. The lowest BCUT2D eigenvalue weighted by Gasteiger charge is -2.07. The summed E-state index contributed by atoms with van der Waals surface area (Å²) >= 11 is 1.46. The summed E-state index contributed by atoms with van der Waals surface area (Å²) in [7, 11) is 0. The Hall–Kier alpha value is -2.47. The number of alkyl halides is 3. The molecule has 0 saturated carbocycles. The summed E-state index contributed by atoms with van der Waals surface area (Å²) in [4.78, 5) is 18.4. The lowest BCUT2D eigenvalue weighted by atomic mass is 9.98.